The highest BCUT2D eigenvalue weighted by molar-refractivity contribution is 5.33. The van der Waals surface area contributed by atoms with E-state index in [-0.39, 0.29) is 0 Å². The van der Waals surface area contributed by atoms with Gasteiger partial charge < -0.3 is 0 Å². The Morgan fingerprint density at radius 1 is 1.04 bits per heavy atom. The van der Waals surface area contributed by atoms with Crippen LogP contribution < -0.4 is 0 Å². The average Bonchev–Trinajstić information content (AvgIpc) is 3.00. The first-order valence-corrected chi connectivity index (χ1v) is 10.4. The van der Waals surface area contributed by atoms with Crippen LogP contribution in [0.2, 0.25) is 0 Å². The lowest BCUT2D eigenvalue weighted by atomic mass is 9.86. The Hall–Kier alpha value is -1.33. The SMILES string of the molecule is CCCCCCC[C@H]1CC[C@H](C(CCC)c2ccc(C#N)cc2)N1C. The molecule has 1 saturated heterocycles. The van der Waals surface area contributed by atoms with E-state index in [1.807, 2.05) is 12.1 Å². The summed E-state index contributed by atoms with van der Waals surface area (Å²) >= 11 is 0. The minimum absolute atomic E-state index is 0.604. The van der Waals surface area contributed by atoms with Gasteiger partial charge in [-0.25, -0.2) is 0 Å². The second-order valence-electron chi connectivity index (χ2n) is 7.80. The smallest absolute Gasteiger partial charge is 0.0991 e. The van der Waals surface area contributed by atoms with Crippen LogP contribution in [0.15, 0.2) is 24.3 Å². The number of rotatable bonds is 10. The second kappa shape index (κ2) is 10.6. The summed E-state index contributed by atoms with van der Waals surface area (Å²) in [5.74, 6) is 0.604. The van der Waals surface area contributed by atoms with Crippen molar-refractivity contribution in [2.75, 3.05) is 7.05 Å². The largest absolute Gasteiger partial charge is 0.300 e. The van der Waals surface area contributed by atoms with Gasteiger partial charge in [-0.15, -0.1) is 0 Å². The standard InChI is InChI=1S/C23H36N2/c1-4-6-7-8-9-11-21-16-17-23(25(21)3)22(10-5-2)20-14-12-19(18-24)13-15-20/h12-15,21-23H,4-11,16-17H2,1-3H3/t21-,22?,23+/m0/s1. The predicted octanol–water partition coefficient (Wildman–Crippen LogP) is 6.27. The fourth-order valence-corrected chi connectivity index (χ4v) is 4.55. The van der Waals surface area contributed by atoms with Crippen molar-refractivity contribution in [3.63, 3.8) is 0 Å². The second-order valence-corrected chi connectivity index (χ2v) is 7.80. The number of benzene rings is 1. The van der Waals surface area contributed by atoms with Crippen molar-refractivity contribution in [1.82, 2.24) is 4.90 Å². The molecule has 2 heteroatoms. The molecule has 1 aromatic carbocycles. The summed E-state index contributed by atoms with van der Waals surface area (Å²) in [6, 6.07) is 12.0. The number of hydrogen-bond acceptors (Lipinski definition) is 2. The Kier molecular flexibility index (Phi) is 8.49. The molecule has 1 fully saturated rings. The number of unbranched alkanes of at least 4 members (excludes halogenated alkanes) is 4. The molecule has 1 aliphatic heterocycles. The molecule has 2 rings (SSSR count). The number of likely N-dealkylation sites (N-methyl/N-ethyl adjacent to an activating group) is 1. The van der Waals surface area contributed by atoms with Crippen molar-refractivity contribution >= 4 is 0 Å². The third-order valence-corrected chi connectivity index (χ3v) is 6.07. The van der Waals surface area contributed by atoms with Crippen molar-refractivity contribution in [2.24, 2.45) is 0 Å². The molecular formula is C23H36N2. The van der Waals surface area contributed by atoms with E-state index in [1.54, 1.807) is 0 Å². The molecule has 1 aromatic rings. The van der Waals surface area contributed by atoms with Crippen LogP contribution in [0.3, 0.4) is 0 Å². The van der Waals surface area contributed by atoms with E-state index in [0.717, 1.165) is 11.6 Å². The first-order valence-electron chi connectivity index (χ1n) is 10.4. The fraction of sp³-hybridized carbons (Fsp3) is 0.696. The molecule has 3 atom stereocenters. The van der Waals surface area contributed by atoms with E-state index in [2.05, 4.69) is 44.0 Å². The van der Waals surface area contributed by atoms with E-state index >= 15 is 0 Å². The van der Waals surface area contributed by atoms with Gasteiger partial charge in [0.2, 0.25) is 0 Å². The average molecular weight is 341 g/mol. The van der Waals surface area contributed by atoms with E-state index in [4.69, 9.17) is 5.26 Å². The van der Waals surface area contributed by atoms with Gasteiger partial charge in [0, 0.05) is 12.1 Å². The molecule has 2 nitrogen and oxygen atoms in total. The topological polar surface area (TPSA) is 27.0 Å². The lowest BCUT2D eigenvalue weighted by Gasteiger charge is -2.32. The first-order chi connectivity index (χ1) is 12.2. The molecule has 1 aliphatic rings. The number of nitrogens with zero attached hydrogens (tertiary/aromatic N) is 2. The van der Waals surface area contributed by atoms with Crippen molar-refractivity contribution in [2.45, 2.75) is 96.1 Å². The predicted molar refractivity (Wildman–Crippen MR) is 107 cm³/mol. The lowest BCUT2D eigenvalue weighted by Crippen LogP contribution is -2.36. The van der Waals surface area contributed by atoms with Crippen LogP contribution in [0.4, 0.5) is 0 Å². The van der Waals surface area contributed by atoms with Crippen molar-refractivity contribution in [3.05, 3.63) is 35.4 Å². The summed E-state index contributed by atoms with van der Waals surface area (Å²) < 4.78 is 0. The van der Waals surface area contributed by atoms with Crippen LogP contribution in [0, 0.1) is 11.3 Å². The first kappa shape index (κ1) is 20.0. The summed E-state index contributed by atoms with van der Waals surface area (Å²) in [5.41, 5.74) is 2.19. The summed E-state index contributed by atoms with van der Waals surface area (Å²) in [6.45, 7) is 4.57. The molecule has 1 unspecified atom stereocenters. The zero-order chi connectivity index (χ0) is 18.1. The van der Waals surface area contributed by atoms with Gasteiger partial charge in [-0.3, -0.25) is 4.90 Å². The molecule has 0 aromatic heterocycles. The maximum Gasteiger partial charge on any atom is 0.0991 e. The summed E-state index contributed by atoms with van der Waals surface area (Å²) in [5, 5.41) is 9.04. The molecule has 0 aliphatic carbocycles. The highest BCUT2D eigenvalue weighted by Gasteiger charge is 2.35. The summed E-state index contributed by atoms with van der Waals surface area (Å²) in [7, 11) is 2.35. The van der Waals surface area contributed by atoms with Crippen LogP contribution in [-0.4, -0.2) is 24.0 Å². The molecule has 0 saturated carbocycles. The number of nitriles is 1. The quantitative estimate of drug-likeness (QED) is 0.470. The van der Waals surface area contributed by atoms with Crippen LogP contribution in [0.1, 0.15) is 95.1 Å². The third kappa shape index (κ3) is 5.58. The molecule has 25 heavy (non-hydrogen) atoms. The zero-order valence-electron chi connectivity index (χ0n) is 16.5. The fourth-order valence-electron chi connectivity index (χ4n) is 4.55. The van der Waals surface area contributed by atoms with Gasteiger partial charge in [-0.1, -0.05) is 64.5 Å². The van der Waals surface area contributed by atoms with Gasteiger partial charge in [-0.05, 0) is 56.3 Å². The lowest BCUT2D eigenvalue weighted by molar-refractivity contribution is 0.198. The van der Waals surface area contributed by atoms with E-state index in [9.17, 15) is 0 Å². The van der Waals surface area contributed by atoms with E-state index in [1.165, 1.54) is 69.8 Å². The monoisotopic (exact) mass is 340 g/mol. The maximum absolute atomic E-state index is 9.04. The highest BCUT2D eigenvalue weighted by Crippen LogP contribution is 2.37. The Balaban J connectivity index is 1.95. The van der Waals surface area contributed by atoms with Crippen LogP contribution >= 0.6 is 0 Å². The normalized spacial score (nSPS) is 22.0. The van der Waals surface area contributed by atoms with Crippen molar-refractivity contribution in [1.29, 1.82) is 5.26 Å². The molecule has 0 N–H and O–H groups in total. The van der Waals surface area contributed by atoms with Gasteiger partial charge in [0.1, 0.15) is 0 Å². The van der Waals surface area contributed by atoms with Crippen molar-refractivity contribution in [3.8, 4) is 6.07 Å². The van der Waals surface area contributed by atoms with Crippen molar-refractivity contribution < 1.29 is 0 Å². The summed E-state index contributed by atoms with van der Waals surface area (Å²) in [6.07, 6.45) is 13.4. The Bertz CT molecular complexity index is 528. The molecule has 138 valence electrons. The number of hydrogen-bond donors (Lipinski definition) is 0. The molecule has 0 amide bonds. The highest BCUT2D eigenvalue weighted by atomic mass is 15.2. The summed E-state index contributed by atoms with van der Waals surface area (Å²) in [4.78, 5) is 2.68. The van der Waals surface area contributed by atoms with Gasteiger partial charge in [0.25, 0.3) is 0 Å². The Morgan fingerprint density at radius 2 is 1.76 bits per heavy atom. The Morgan fingerprint density at radius 3 is 2.40 bits per heavy atom. The van der Waals surface area contributed by atoms with Gasteiger partial charge in [0.05, 0.1) is 11.6 Å². The molecular weight excluding hydrogens is 304 g/mol. The van der Waals surface area contributed by atoms with E-state index < -0.39 is 0 Å². The Labute approximate surface area is 155 Å². The van der Waals surface area contributed by atoms with Gasteiger partial charge in [0.15, 0.2) is 0 Å². The molecule has 0 radical (unpaired) electrons. The van der Waals surface area contributed by atoms with Crippen LogP contribution in [0.25, 0.3) is 0 Å². The zero-order valence-corrected chi connectivity index (χ0v) is 16.5. The molecule has 1 heterocycles. The third-order valence-electron chi connectivity index (χ3n) is 6.07. The van der Waals surface area contributed by atoms with Gasteiger partial charge in [-0.2, -0.15) is 5.26 Å². The minimum atomic E-state index is 0.604. The molecule has 0 bridgehead atoms. The van der Waals surface area contributed by atoms with E-state index in [0.29, 0.717) is 12.0 Å². The number of likely N-dealkylation sites (tertiary alicyclic amines) is 1. The van der Waals surface area contributed by atoms with Crippen LogP contribution in [-0.2, 0) is 0 Å². The van der Waals surface area contributed by atoms with Crippen LogP contribution in [0.5, 0.6) is 0 Å². The minimum Gasteiger partial charge on any atom is -0.300 e. The molecule has 0 spiro atoms. The maximum atomic E-state index is 9.04. The van der Waals surface area contributed by atoms with Gasteiger partial charge >= 0.3 is 0 Å².